The Morgan fingerprint density at radius 3 is 2.07 bits per heavy atom. The van der Waals surface area contributed by atoms with E-state index in [4.69, 9.17) is 0 Å². The molecule has 0 saturated heterocycles. The molecule has 0 N–H and O–H groups in total. The van der Waals surface area contributed by atoms with Gasteiger partial charge < -0.3 is 0 Å². The summed E-state index contributed by atoms with van der Waals surface area (Å²) in [5.74, 6) is -4.65. The highest BCUT2D eigenvalue weighted by Crippen LogP contribution is 2.38. The van der Waals surface area contributed by atoms with Crippen LogP contribution in [0, 0.1) is 0 Å². The van der Waals surface area contributed by atoms with E-state index < -0.39 is 24.9 Å². The van der Waals surface area contributed by atoms with Crippen molar-refractivity contribution in [1.29, 1.82) is 0 Å². The maximum absolute atomic E-state index is 12.5. The van der Waals surface area contributed by atoms with Gasteiger partial charge in [-0.25, -0.2) is 0 Å². The van der Waals surface area contributed by atoms with E-state index in [-0.39, 0.29) is 5.71 Å². The molecule has 1 nitrogen and oxygen atoms in total. The highest BCUT2D eigenvalue weighted by Gasteiger charge is 2.56. The Bertz CT molecular complexity index is 252. The number of allylic oxidation sites excluding steroid dienone is 2. The Hall–Kier alpha value is -0.940. The average molecular weight is 229 g/mol. The third kappa shape index (κ3) is 4.40. The Morgan fingerprint density at radius 2 is 1.73 bits per heavy atom. The standard InChI is InChI=1S/C9H12F5N/c1-3-4-7(15-2)5-6-8(10,11)9(12,13)14/h3-4H,5-6H2,1-2H3/b4-3-,15-7?. The zero-order valence-electron chi connectivity index (χ0n) is 8.41. The van der Waals surface area contributed by atoms with E-state index in [0.717, 1.165) is 0 Å². The van der Waals surface area contributed by atoms with Crippen molar-refractivity contribution in [2.45, 2.75) is 31.9 Å². The summed E-state index contributed by atoms with van der Waals surface area (Å²) in [6, 6.07) is 0. The SMILES string of the molecule is C/C=C\C(CCC(F)(F)C(F)(F)F)=NC. The molecule has 0 aliphatic heterocycles. The van der Waals surface area contributed by atoms with Crippen molar-refractivity contribution in [2.24, 2.45) is 4.99 Å². The summed E-state index contributed by atoms with van der Waals surface area (Å²) >= 11 is 0. The van der Waals surface area contributed by atoms with E-state index >= 15 is 0 Å². The fourth-order valence-electron chi connectivity index (χ4n) is 0.889. The Labute approximate surface area is 84.7 Å². The van der Waals surface area contributed by atoms with Crippen molar-refractivity contribution < 1.29 is 22.0 Å². The number of rotatable bonds is 4. The second kappa shape index (κ2) is 5.23. The summed E-state index contributed by atoms with van der Waals surface area (Å²) in [6.07, 6.45) is -4.21. The number of hydrogen-bond acceptors (Lipinski definition) is 1. The summed E-state index contributed by atoms with van der Waals surface area (Å²) in [4.78, 5) is 3.59. The van der Waals surface area contributed by atoms with Gasteiger partial charge in [-0.05, 0) is 19.4 Å². The zero-order valence-corrected chi connectivity index (χ0v) is 8.41. The molecule has 0 spiro atoms. The van der Waals surface area contributed by atoms with Crippen LogP contribution >= 0.6 is 0 Å². The van der Waals surface area contributed by atoms with Crippen LogP contribution in [0.3, 0.4) is 0 Å². The van der Waals surface area contributed by atoms with Crippen molar-refractivity contribution in [3.05, 3.63) is 12.2 Å². The number of nitrogens with zero attached hydrogens (tertiary/aromatic N) is 1. The molecule has 0 saturated carbocycles. The monoisotopic (exact) mass is 229 g/mol. The number of hydrogen-bond donors (Lipinski definition) is 0. The summed E-state index contributed by atoms with van der Waals surface area (Å²) in [5.41, 5.74) is 0.224. The number of halogens is 5. The Balaban J connectivity index is 4.39. The molecule has 15 heavy (non-hydrogen) atoms. The smallest absolute Gasteiger partial charge is 0.293 e. The highest BCUT2D eigenvalue weighted by molar-refractivity contribution is 5.94. The first-order chi connectivity index (χ1) is 6.74. The van der Waals surface area contributed by atoms with Crippen LogP contribution < -0.4 is 0 Å². The van der Waals surface area contributed by atoms with Crippen molar-refractivity contribution in [1.82, 2.24) is 0 Å². The maximum atomic E-state index is 12.5. The van der Waals surface area contributed by atoms with Gasteiger partial charge >= 0.3 is 12.1 Å². The quantitative estimate of drug-likeness (QED) is 0.515. The van der Waals surface area contributed by atoms with E-state index in [1.807, 2.05) is 0 Å². The van der Waals surface area contributed by atoms with Crippen molar-refractivity contribution in [3.63, 3.8) is 0 Å². The molecule has 0 atom stereocenters. The normalized spacial score (nSPS) is 15.0. The number of aliphatic imine (C=N–C) groups is 1. The largest absolute Gasteiger partial charge is 0.453 e. The van der Waals surface area contributed by atoms with E-state index in [0.29, 0.717) is 0 Å². The lowest BCUT2D eigenvalue weighted by Crippen LogP contribution is -2.36. The van der Waals surface area contributed by atoms with Gasteiger partial charge in [-0.15, -0.1) is 0 Å². The molecule has 0 rings (SSSR count). The van der Waals surface area contributed by atoms with Gasteiger partial charge in [0, 0.05) is 19.2 Å². The Morgan fingerprint density at radius 1 is 1.20 bits per heavy atom. The lowest BCUT2D eigenvalue weighted by atomic mass is 10.1. The van der Waals surface area contributed by atoms with Gasteiger partial charge in [-0.3, -0.25) is 4.99 Å². The molecule has 0 aromatic heterocycles. The Kier molecular flexibility index (Phi) is 4.90. The van der Waals surface area contributed by atoms with Gasteiger partial charge in [0.2, 0.25) is 0 Å². The van der Waals surface area contributed by atoms with Crippen LogP contribution in [0.2, 0.25) is 0 Å². The van der Waals surface area contributed by atoms with Crippen LogP contribution in [0.4, 0.5) is 22.0 Å². The molecule has 0 aliphatic rings. The van der Waals surface area contributed by atoms with Crippen LogP contribution in [0.5, 0.6) is 0 Å². The first kappa shape index (κ1) is 14.1. The van der Waals surface area contributed by atoms with E-state index in [2.05, 4.69) is 4.99 Å². The zero-order chi connectivity index (χ0) is 12.1. The predicted octanol–water partition coefficient (Wildman–Crippen LogP) is 3.61. The minimum Gasteiger partial charge on any atom is -0.293 e. The van der Waals surface area contributed by atoms with Gasteiger partial charge in [0.05, 0.1) is 0 Å². The molecular formula is C9H12F5N. The molecule has 0 aliphatic carbocycles. The first-order valence-electron chi connectivity index (χ1n) is 4.27. The predicted molar refractivity (Wildman–Crippen MR) is 48.4 cm³/mol. The topological polar surface area (TPSA) is 12.4 Å². The summed E-state index contributed by atoms with van der Waals surface area (Å²) in [7, 11) is 1.35. The lowest BCUT2D eigenvalue weighted by molar-refractivity contribution is -0.283. The maximum Gasteiger partial charge on any atom is 0.453 e. The van der Waals surface area contributed by atoms with Crippen LogP contribution in [0.1, 0.15) is 19.8 Å². The van der Waals surface area contributed by atoms with Crippen LogP contribution in [0.25, 0.3) is 0 Å². The van der Waals surface area contributed by atoms with Crippen molar-refractivity contribution in [3.8, 4) is 0 Å². The summed E-state index contributed by atoms with van der Waals surface area (Å²) in [6.45, 7) is 1.63. The molecule has 0 aromatic carbocycles. The van der Waals surface area contributed by atoms with Crippen molar-refractivity contribution in [2.75, 3.05) is 7.05 Å². The summed E-state index contributed by atoms with van der Waals surface area (Å²) in [5, 5.41) is 0. The molecule has 0 radical (unpaired) electrons. The van der Waals surface area contributed by atoms with Gasteiger partial charge in [-0.2, -0.15) is 22.0 Å². The van der Waals surface area contributed by atoms with E-state index in [1.54, 1.807) is 6.92 Å². The van der Waals surface area contributed by atoms with E-state index in [9.17, 15) is 22.0 Å². The molecule has 6 heteroatoms. The molecule has 0 bridgehead atoms. The van der Waals surface area contributed by atoms with Gasteiger partial charge in [0.25, 0.3) is 0 Å². The number of alkyl halides is 5. The first-order valence-corrected chi connectivity index (χ1v) is 4.27. The molecular weight excluding hydrogens is 217 g/mol. The fourth-order valence-corrected chi connectivity index (χ4v) is 0.889. The lowest BCUT2D eigenvalue weighted by Gasteiger charge is -2.19. The molecule has 0 aromatic rings. The van der Waals surface area contributed by atoms with Gasteiger partial charge in [-0.1, -0.05) is 6.08 Å². The van der Waals surface area contributed by atoms with Crippen LogP contribution in [-0.4, -0.2) is 24.9 Å². The highest BCUT2D eigenvalue weighted by atomic mass is 19.4. The molecule has 0 fully saturated rings. The van der Waals surface area contributed by atoms with Gasteiger partial charge in [0.1, 0.15) is 0 Å². The van der Waals surface area contributed by atoms with Crippen LogP contribution in [-0.2, 0) is 0 Å². The second-order valence-electron chi connectivity index (χ2n) is 2.92. The third-order valence-corrected chi connectivity index (χ3v) is 1.76. The second-order valence-corrected chi connectivity index (χ2v) is 2.92. The molecule has 0 amide bonds. The average Bonchev–Trinajstić information content (AvgIpc) is 2.10. The van der Waals surface area contributed by atoms with Gasteiger partial charge in [0.15, 0.2) is 0 Å². The minimum absolute atomic E-state index is 0.224. The molecule has 88 valence electrons. The third-order valence-electron chi connectivity index (χ3n) is 1.76. The van der Waals surface area contributed by atoms with Crippen LogP contribution in [0.15, 0.2) is 17.1 Å². The minimum atomic E-state index is -5.48. The van der Waals surface area contributed by atoms with Crippen molar-refractivity contribution >= 4 is 5.71 Å². The molecule has 0 heterocycles. The fraction of sp³-hybridized carbons (Fsp3) is 0.667. The molecule has 0 unspecified atom stereocenters. The van der Waals surface area contributed by atoms with E-state index in [1.165, 1.54) is 19.2 Å². The summed E-state index contributed by atoms with van der Waals surface area (Å²) < 4.78 is 60.2.